The largest absolute Gasteiger partial charge is 0.349 e. The van der Waals surface area contributed by atoms with Crippen LogP contribution >= 0.6 is 11.6 Å². The molecule has 3 heteroatoms. The summed E-state index contributed by atoms with van der Waals surface area (Å²) in [5, 5.41) is 4.00. The molecule has 3 rings (SSSR count). The first-order valence-electron chi connectivity index (χ1n) is 8.80. The maximum atomic E-state index is 12.5. The molecule has 0 unspecified atom stereocenters. The highest BCUT2D eigenvalue weighted by Crippen LogP contribution is 2.38. The van der Waals surface area contributed by atoms with Gasteiger partial charge in [0, 0.05) is 16.6 Å². The zero-order valence-electron chi connectivity index (χ0n) is 13.2. The number of carbonyl (C=O) groups excluding carboxylic acids is 1. The third-order valence-corrected chi connectivity index (χ3v) is 5.75. The van der Waals surface area contributed by atoms with Crippen LogP contribution in [-0.4, -0.2) is 11.9 Å². The van der Waals surface area contributed by atoms with Crippen LogP contribution in [-0.2, 0) is 0 Å². The number of amides is 1. The summed E-state index contributed by atoms with van der Waals surface area (Å²) in [5.41, 5.74) is 0.720. The molecule has 0 heterocycles. The maximum absolute atomic E-state index is 12.5. The average Bonchev–Trinajstić information content (AvgIpc) is 2.57. The first-order valence-corrected chi connectivity index (χ1v) is 9.18. The third kappa shape index (κ3) is 3.84. The van der Waals surface area contributed by atoms with Crippen LogP contribution in [0.15, 0.2) is 24.3 Å². The second kappa shape index (κ2) is 7.50. The van der Waals surface area contributed by atoms with E-state index in [2.05, 4.69) is 5.32 Å². The molecule has 0 saturated heterocycles. The molecular formula is C19H26ClNO. The van der Waals surface area contributed by atoms with E-state index in [0.717, 1.165) is 17.9 Å². The average molecular weight is 320 g/mol. The summed E-state index contributed by atoms with van der Waals surface area (Å²) < 4.78 is 0. The van der Waals surface area contributed by atoms with Gasteiger partial charge in [0.05, 0.1) is 0 Å². The molecule has 120 valence electrons. The van der Waals surface area contributed by atoms with Gasteiger partial charge in [0.15, 0.2) is 0 Å². The Bertz CT molecular complexity index is 493. The Kier molecular flexibility index (Phi) is 5.41. The molecule has 2 nitrogen and oxygen atoms in total. The molecule has 2 aliphatic rings. The van der Waals surface area contributed by atoms with Crippen LogP contribution in [0.25, 0.3) is 0 Å². The van der Waals surface area contributed by atoms with E-state index in [1.165, 1.54) is 51.4 Å². The third-order valence-electron chi connectivity index (χ3n) is 5.50. The number of rotatable bonds is 3. The Balaban J connectivity index is 1.65. The molecule has 0 spiro atoms. The summed E-state index contributed by atoms with van der Waals surface area (Å²) in [7, 11) is 0. The number of hydrogen-bond donors (Lipinski definition) is 1. The van der Waals surface area contributed by atoms with Crippen LogP contribution in [0.3, 0.4) is 0 Å². The van der Waals surface area contributed by atoms with Crippen LogP contribution in [0.2, 0.25) is 5.02 Å². The van der Waals surface area contributed by atoms with Crippen molar-refractivity contribution in [1.82, 2.24) is 5.32 Å². The number of nitrogens with one attached hydrogen (secondary N) is 1. The molecule has 2 fully saturated rings. The van der Waals surface area contributed by atoms with Crippen molar-refractivity contribution in [2.45, 2.75) is 63.8 Å². The summed E-state index contributed by atoms with van der Waals surface area (Å²) in [6, 6.07) is 7.57. The number of benzene rings is 1. The highest BCUT2D eigenvalue weighted by Gasteiger charge is 2.33. The van der Waals surface area contributed by atoms with Gasteiger partial charge in [-0.2, -0.15) is 0 Å². The molecule has 1 aromatic carbocycles. The van der Waals surface area contributed by atoms with Crippen molar-refractivity contribution in [2.75, 3.05) is 0 Å². The van der Waals surface area contributed by atoms with Crippen molar-refractivity contribution < 1.29 is 4.79 Å². The summed E-state index contributed by atoms with van der Waals surface area (Å²) in [6.07, 6.45) is 11.9. The van der Waals surface area contributed by atoms with Gasteiger partial charge in [-0.05, 0) is 48.9 Å². The number of halogens is 1. The van der Waals surface area contributed by atoms with E-state index in [9.17, 15) is 4.79 Å². The molecule has 22 heavy (non-hydrogen) atoms. The Morgan fingerprint density at radius 2 is 1.55 bits per heavy atom. The quantitative estimate of drug-likeness (QED) is 0.814. The van der Waals surface area contributed by atoms with Crippen LogP contribution in [0.4, 0.5) is 0 Å². The highest BCUT2D eigenvalue weighted by molar-refractivity contribution is 6.30. The lowest BCUT2D eigenvalue weighted by molar-refractivity contribution is 0.0859. The summed E-state index contributed by atoms with van der Waals surface area (Å²) in [5.74, 6) is 1.57. The topological polar surface area (TPSA) is 29.1 Å². The number of carbonyl (C=O) groups is 1. The van der Waals surface area contributed by atoms with Crippen molar-refractivity contribution in [1.29, 1.82) is 0 Å². The zero-order valence-corrected chi connectivity index (χ0v) is 13.9. The maximum Gasteiger partial charge on any atom is 0.251 e. The van der Waals surface area contributed by atoms with Gasteiger partial charge >= 0.3 is 0 Å². The Morgan fingerprint density at radius 1 is 0.909 bits per heavy atom. The lowest BCUT2D eigenvalue weighted by atomic mass is 9.71. The van der Waals surface area contributed by atoms with Crippen molar-refractivity contribution >= 4 is 17.5 Å². The Hall–Kier alpha value is -1.02. The minimum atomic E-state index is 0.0596. The van der Waals surface area contributed by atoms with Gasteiger partial charge in [0.2, 0.25) is 0 Å². The van der Waals surface area contributed by atoms with E-state index < -0.39 is 0 Å². The minimum absolute atomic E-state index is 0.0596. The fraction of sp³-hybridized carbons (Fsp3) is 0.632. The molecule has 0 bridgehead atoms. The van der Waals surface area contributed by atoms with Gasteiger partial charge in [0.25, 0.3) is 5.91 Å². The van der Waals surface area contributed by atoms with E-state index in [4.69, 9.17) is 11.6 Å². The van der Waals surface area contributed by atoms with Crippen molar-refractivity contribution in [3.05, 3.63) is 34.9 Å². The van der Waals surface area contributed by atoms with Crippen LogP contribution in [0.5, 0.6) is 0 Å². The Labute approximate surface area is 138 Å². The lowest BCUT2D eigenvalue weighted by Crippen LogP contribution is -2.45. The molecule has 0 aliphatic heterocycles. The molecule has 0 radical (unpaired) electrons. The molecule has 2 aliphatic carbocycles. The predicted octanol–water partition coefficient (Wildman–Crippen LogP) is 5.21. The van der Waals surface area contributed by atoms with Gasteiger partial charge in [-0.15, -0.1) is 0 Å². The van der Waals surface area contributed by atoms with E-state index in [1.54, 1.807) is 12.1 Å². The normalized spacial score (nSPS) is 26.6. The van der Waals surface area contributed by atoms with Gasteiger partial charge in [-0.1, -0.05) is 56.5 Å². The van der Waals surface area contributed by atoms with Crippen molar-refractivity contribution in [3.8, 4) is 0 Å². The fourth-order valence-corrected chi connectivity index (χ4v) is 4.44. The molecule has 2 atom stereocenters. The first kappa shape index (κ1) is 15.9. The standard InChI is InChI=1S/C19H26ClNO/c20-16-12-10-15(11-13-16)19(22)21-18-9-5-4-8-17(18)14-6-2-1-3-7-14/h10-14,17-18H,1-9H2,(H,21,22)/t17-,18-/m1/s1. The summed E-state index contributed by atoms with van der Waals surface area (Å²) in [6.45, 7) is 0. The molecular weight excluding hydrogens is 294 g/mol. The monoisotopic (exact) mass is 319 g/mol. The highest BCUT2D eigenvalue weighted by atomic mass is 35.5. The van der Waals surface area contributed by atoms with E-state index >= 15 is 0 Å². The minimum Gasteiger partial charge on any atom is -0.349 e. The number of hydrogen-bond acceptors (Lipinski definition) is 1. The van der Waals surface area contributed by atoms with Crippen molar-refractivity contribution in [3.63, 3.8) is 0 Å². The first-order chi connectivity index (χ1) is 10.7. The van der Waals surface area contributed by atoms with E-state index in [0.29, 0.717) is 17.0 Å². The van der Waals surface area contributed by atoms with Crippen molar-refractivity contribution in [2.24, 2.45) is 11.8 Å². The van der Waals surface area contributed by atoms with E-state index in [1.807, 2.05) is 12.1 Å². The van der Waals surface area contributed by atoms with Crippen LogP contribution < -0.4 is 5.32 Å². The molecule has 0 aromatic heterocycles. The fourth-order valence-electron chi connectivity index (χ4n) is 4.32. The van der Waals surface area contributed by atoms with Gasteiger partial charge in [-0.3, -0.25) is 4.79 Å². The second-order valence-corrected chi connectivity index (χ2v) is 7.37. The molecule has 1 aromatic rings. The molecule has 1 N–H and O–H groups in total. The zero-order chi connectivity index (χ0) is 15.4. The summed E-state index contributed by atoms with van der Waals surface area (Å²) in [4.78, 5) is 12.5. The predicted molar refractivity (Wildman–Crippen MR) is 91.2 cm³/mol. The lowest BCUT2D eigenvalue weighted by Gasteiger charge is -2.39. The van der Waals surface area contributed by atoms with Gasteiger partial charge in [-0.25, -0.2) is 0 Å². The summed E-state index contributed by atoms with van der Waals surface area (Å²) >= 11 is 5.90. The molecule has 2 saturated carbocycles. The second-order valence-electron chi connectivity index (χ2n) is 6.93. The smallest absolute Gasteiger partial charge is 0.251 e. The SMILES string of the molecule is O=C(N[C@@H]1CCCC[C@@H]1C1CCCCC1)c1ccc(Cl)cc1. The van der Waals surface area contributed by atoms with Crippen LogP contribution in [0, 0.1) is 11.8 Å². The van der Waals surface area contributed by atoms with Gasteiger partial charge < -0.3 is 5.32 Å². The Morgan fingerprint density at radius 3 is 2.27 bits per heavy atom. The van der Waals surface area contributed by atoms with E-state index in [-0.39, 0.29) is 5.91 Å². The van der Waals surface area contributed by atoms with Gasteiger partial charge in [0.1, 0.15) is 0 Å². The van der Waals surface area contributed by atoms with Crippen LogP contribution in [0.1, 0.15) is 68.1 Å². The molecule has 1 amide bonds.